The zero-order valence-electron chi connectivity index (χ0n) is 18.0. The Labute approximate surface area is 190 Å². The predicted octanol–water partition coefficient (Wildman–Crippen LogP) is 2.48. The molecule has 1 aliphatic carbocycles. The third-order valence-corrected chi connectivity index (χ3v) is 8.62. The summed E-state index contributed by atoms with van der Waals surface area (Å²) in [5.74, 6) is 3.43. The van der Waals surface area contributed by atoms with E-state index in [1.807, 2.05) is 0 Å². The third-order valence-electron chi connectivity index (χ3n) is 7.16. The van der Waals surface area contributed by atoms with Crippen LogP contribution in [0.1, 0.15) is 23.7 Å². The maximum atomic E-state index is 12.5. The number of hydrogen-bond donors (Lipinski definition) is 1. The summed E-state index contributed by atoms with van der Waals surface area (Å²) in [5.41, 5.74) is 5.24. The summed E-state index contributed by atoms with van der Waals surface area (Å²) in [5, 5.41) is 6.80. The Morgan fingerprint density at radius 3 is 2.56 bits per heavy atom. The largest absolute Gasteiger partial charge is 0.371 e. The fourth-order valence-electron chi connectivity index (χ4n) is 5.43. The fourth-order valence-corrected chi connectivity index (χ4v) is 6.73. The molecule has 164 valence electrons. The molecule has 9 heteroatoms. The van der Waals surface area contributed by atoms with E-state index in [1.165, 1.54) is 29.7 Å². The molecule has 2 aromatic rings. The monoisotopic (exact) mass is 447 g/mol. The number of fused-ring (bicyclic) bond motifs is 3. The first-order valence-electron chi connectivity index (χ1n) is 11.2. The first-order valence-corrected chi connectivity index (χ1v) is 12.5. The molecule has 1 aromatic heterocycles. The molecule has 2 saturated heterocycles. The van der Waals surface area contributed by atoms with Gasteiger partial charge in [0.15, 0.2) is 11.7 Å². The number of hydrogen-bond acceptors (Lipinski definition) is 6. The van der Waals surface area contributed by atoms with E-state index in [9.17, 15) is 4.21 Å². The molecular weight excluding hydrogens is 422 g/mol. The second kappa shape index (κ2) is 7.55. The summed E-state index contributed by atoms with van der Waals surface area (Å²) in [6.45, 7) is 12.7. The molecule has 0 amide bonds. The van der Waals surface area contributed by atoms with Gasteiger partial charge in [0.25, 0.3) is 0 Å². The first kappa shape index (κ1) is 19.7. The number of nitrogens with one attached hydrogen (secondary N) is 1. The van der Waals surface area contributed by atoms with Crippen LogP contribution in [0.4, 0.5) is 17.5 Å². The van der Waals surface area contributed by atoms with Crippen molar-refractivity contribution < 1.29 is 4.21 Å². The van der Waals surface area contributed by atoms with Crippen LogP contribution in [0, 0.1) is 18.4 Å². The zero-order chi connectivity index (χ0) is 21.8. The summed E-state index contributed by atoms with van der Waals surface area (Å²) in [7, 11) is -1.11. The van der Waals surface area contributed by atoms with E-state index in [0.717, 1.165) is 31.9 Å². The lowest BCUT2D eigenvalue weighted by Gasteiger charge is -2.26. The van der Waals surface area contributed by atoms with Crippen molar-refractivity contribution in [2.24, 2.45) is 16.9 Å². The lowest BCUT2D eigenvalue weighted by Crippen LogP contribution is -2.30. The molecule has 6 rings (SSSR count). The molecule has 32 heavy (non-hydrogen) atoms. The second-order valence-corrected chi connectivity index (χ2v) is 10.6. The molecule has 1 aromatic carbocycles. The Hall–Kier alpha value is -2.99. The minimum Gasteiger partial charge on any atom is -0.371 e. The summed E-state index contributed by atoms with van der Waals surface area (Å²) >= 11 is 0. The van der Waals surface area contributed by atoms with Gasteiger partial charge in [0.2, 0.25) is 5.95 Å². The molecule has 0 saturated carbocycles. The van der Waals surface area contributed by atoms with Crippen LogP contribution in [-0.4, -0.2) is 51.9 Å². The summed E-state index contributed by atoms with van der Waals surface area (Å²) in [4.78, 5) is 18.1. The fraction of sp³-hybridized carbons (Fsp3) is 0.478. The lowest BCUT2D eigenvalue weighted by molar-refractivity contribution is 0.533. The van der Waals surface area contributed by atoms with Gasteiger partial charge in [-0.05, 0) is 36.1 Å². The number of aryl methyl sites for hydroxylation is 3. The lowest BCUT2D eigenvalue weighted by atomic mass is 9.88. The van der Waals surface area contributed by atoms with Gasteiger partial charge in [-0.3, -0.25) is 4.21 Å². The first-order chi connectivity index (χ1) is 15.6. The van der Waals surface area contributed by atoms with Crippen LogP contribution in [0.3, 0.4) is 0 Å². The molecule has 1 N–H and O–H groups in total. The van der Waals surface area contributed by atoms with Crippen molar-refractivity contribution in [3.8, 4) is 0 Å². The number of anilines is 3. The normalized spacial score (nSPS) is 25.8. The maximum Gasteiger partial charge on any atom is 0.227 e. The quantitative estimate of drug-likeness (QED) is 0.337. The van der Waals surface area contributed by atoms with Gasteiger partial charge in [-0.1, -0.05) is 6.07 Å². The van der Waals surface area contributed by atoms with Crippen LogP contribution >= 0.6 is 0 Å². The van der Waals surface area contributed by atoms with Crippen molar-refractivity contribution in [1.82, 2.24) is 9.97 Å². The van der Waals surface area contributed by atoms with E-state index in [-0.39, 0.29) is 0 Å². The van der Waals surface area contributed by atoms with E-state index >= 15 is 0 Å². The number of nitrogens with zero attached hydrogens (tertiary/aromatic N) is 6. The Balaban J connectivity index is 1.21. The summed E-state index contributed by atoms with van der Waals surface area (Å²) < 4.78 is 12.5. The Morgan fingerprint density at radius 2 is 1.88 bits per heavy atom. The highest BCUT2D eigenvalue weighted by Gasteiger charge is 2.41. The highest BCUT2D eigenvalue weighted by Crippen LogP contribution is 2.38. The van der Waals surface area contributed by atoms with Crippen LogP contribution in [-0.2, 0) is 30.1 Å². The van der Waals surface area contributed by atoms with Crippen molar-refractivity contribution in [3.63, 3.8) is 0 Å². The van der Waals surface area contributed by atoms with Gasteiger partial charge in [0, 0.05) is 62.8 Å². The molecule has 8 nitrogen and oxygen atoms in total. The van der Waals surface area contributed by atoms with Gasteiger partial charge in [-0.25, -0.2) is 4.98 Å². The second-order valence-electron chi connectivity index (χ2n) is 9.14. The van der Waals surface area contributed by atoms with Crippen molar-refractivity contribution in [1.29, 1.82) is 0 Å². The average Bonchev–Trinajstić information content (AvgIpc) is 3.42. The van der Waals surface area contributed by atoms with Gasteiger partial charge in [0.1, 0.15) is 10.00 Å². The van der Waals surface area contributed by atoms with Crippen LogP contribution in [0.2, 0.25) is 0 Å². The number of rotatable bonds is 3. The van der Waals surface area contributed by atoms with Crippen LogP contribution in [0.5, 0.6) is 0 Å². The van der Waals surface area contributed by atoms with E-state index < -0.39 is 10.8 Å². The van der Waals surface area contributed by atoms with E-state index in [0.29, 0.717) is 46.5 Å². The van der Waals surface area contributed by atoms with Gasteiger partial charge in [-0.2, -0.15) is 11.6 Å². The third kappa shape index (κ3) is 3.25. The smallest absolute Gasteiger partial charge is 0.227 e. The molecule has 4 heterocycles. The van der Waals surface area contributed by atoms with Crippen LogP contribution in [0.25, 0.3) is 4.95 Å². The molecule has 3 aliphatic heterocycles. The van der Waals surface area contributed by atoms with E-state index in [1.54, 1.807) is 6.92 Å². The van der Waals surface area contributed by atoms with Crippen molar-refractivity contribution >= 4 is 34.1 Å². The Kier molecular flexibility index (Phi) is 4.65. The summed E-state index contributed by atoms with van der Waals surface area (Å²) in [6, 6.07) is 6.96. The van der Waals surface area contributed by atoms with Gasteiger partial charge < -0.3 is 15.1 Å². The molecule has 0 radical (unpaired) electrons. The maximum absolute atomic E-state index is 12.5. The minimum atomic E-state index is -1.11. The highest BCUT2D eigenvalue weighted by molar-refractivity contribution is 7.85. The summed E-state index contributed by atoms with van der Waals surface area (Å²) in [6.07, 6.45) is 3.14. The molecular formula is C23H25N7OS. The number of amidine groups is 1. The number of aromatic nitrogens is 2. The van der Waals surface area contributed by atoms with Gasteiger partial charge in [0.05, 0.1) is 16.5 Å². The molecule has 3 atom stereocenters. The average molecular weight is 448 g/mol. The van der Waals surface area contributed by atoms with E-state index in [4.69, 9.17) is 16.5 Å². The standard InChI is InChI=1S/C23H25N7OS/c1-14(28-24-2)25-22-21-20(7-8-32(21)31)26-23(27-22)30-12-17-10-29(11-18(17)13-30)19-6-5-15-3-4-16(15)9-19/h5-6,9,17-18H,3-4,7-8,10-13H2,1H3,(H,25,26,27,28)/t17?,18?,32-/m0/s1. The molecule has 0 spiro atoms. The molecule has 0 bridgehead atoms. The Bertz CT molecular complexity index is 1190. The van der Waals surface area contributed by atoms with Gasteiger partial charge >= 0.3 is 0 Å². The Morgan fingerprint density at radius 1 is 1.12 bits per heavy atom. The van der Waals surface area contributed by atoms with Crippen molar-refractivity contribution in [2.75, 3.05) is 47.0 Å². The number of benzene rings is 1. The molecule has 2 fully saturated rings. The van der Waals surface area contributed by atoms with Crippen LogP contribution in [0.15, 0.2) is 28.2 Å². The SMILES string of the molecule is [C-]#[N+]/N=C(/C)Nc1nc(N2CC3CN(c4ccc5c(c4)CC5)CC3C2)nc2c1[S@@](=O)CC2. The van der Waals surface area contributed by atoms with Crippen molar-refractivity contribution in [2.45, 2.75) is 31.1 Å². The molecule has 4 aliphatic rings. The minimum absolute atomic E-state index is 0.447. The van der Waals surface area contributed by atoms with E-state index in [2.05, 4.69) is 43.4 Å². The zero-order valence-corrected chi connectivity index (χ0v) is 18.9. The van der Waals surface area contributed by atoms with Gasteiger partial charge in [-0.15, -0.1) is 4.95 Å². The topological polar surface area (TPSA) is 78.1 Å². The highest BCUT2D eigenvalue weighted by atomic mass is 32.2. The van der Waals surface area contributed by atoms with Crippen LogP contribution < -0.4 is 15.1 Å². The predicted molar refractivity (Wildman–Crippen MR) is 126 cm³/mol. The molecule has 2 unspecified atom stereocenters. The van der Waals surface area contributed by atoms with Crippen molar-refractivity contribution in [3.05, 3.63) is 46.5 Å².